The van der Waals surface area contributed by atoms with Gasteiger partial charge in [-0.05, 0) is 43.3 Å². The Hall–Kier alpha value is -2.98. The molecule has 10 heteroatoms. The molecule has 212 valence electrons. The third-order valence-electron chi connectivity index (χ3n) is 7.58. The Balaban J connectivity index is 2.96. The van der Waals surface area contributed by atoms with Crippen molar-refractivity contribution in [3.05, 3.63) is 23.3 Å². The number of carbonyl (C=O) groups is 6. The first-order valence-electron chi connectivity index (χ1n) is 12.9. The van der Waals surface area contributed by atoms with Crippen molar-refractivity contribution in [3.63, 3.8) is 0 Å². The van der Waals surface area contributed by atoms with Crippen LogP contribution in [0.3, 0.4) is 0 Å². The van der Waals surface area contributed by atoms with Gasteiger partial charge in [0.2, 0.25) is 0 Å². The minimum atomic E-state index is -0.599. The molecule has 38 heavy (non-hydrogen) atoms. The van der Waals surface area contributed by atoms with E-state index in [0.29, 0.717) is 42.7 Å². The van der Waals surface area contributed by atoms with E-state index in [4.69, 9.17) is 9.47 Å². The van der Waals surface area contributed by atoms with Gasteiger partial charge in [0.25, 0.3) is 0 Å². The molecule has 0 radical (unpaired) electrons. The second-order valence-electron chi connectivity index (χ2n) is 9.68. The SMILES string of the molecule is C/C=C(/C=O)[C@@H](CC=O)CC(=O)OC[C@@H]1[C@@H](C)[C@H](OC(=O)C[C@H](CC=O)/C(C=O)=C\C)C[C@H]1C(CO)CO. The van der Waals surface area contributed by atoms with Crippen molar-refractivity contribution >= 4 is 37.1 Å². The van der Waals surface area contributed by atoms with Crippen LogP contribution in [0.2, 0.25) is 0 Å². The molecule has 0 bridgehead atoms. The zero-order valence-electron chi connectivity index (χ0n) is 22.3. The van der Waals surface area contributed by atoms with Gasteiger partial charge in [0, 0.05) is 49.7 Å². The molecule has 10 nitrogen and oxygen atoms in total. The highest BCUT2D eigenvalue weighted by Crippen LogP contribution is 2.43. The van der Waals surface area contributed by atoms with E-state index in [0.717, 1.165) is 0 Å². The van der Waals surface area contributed by atoms with Gasteiger partial charge in [0.1, 0.15) is 31.2 Å². The molecule has 1 saturated carbocycles. The fraction of sp³-hybridized carbons (Fsp3) is 0.643. The Kier molecular flexibility index (Phi) is 15.2. The molecule has 0 aromatic carbocycles. The van der Waals surface area contributed by atoms with Gasteiger partial charge in [-0.25, -0.2) is 0 Å². The molecule has 1 rings (SSSR count). The number of aliphatic hydroxyl groups is 2. The number of carbonyl (C=O) groups excluding carboxylic acids is 6. The lowest BCUT2D eigenvalue weighted by atomic mass is 9.82. The summed E-state index contributed by atoms with van der Waals surface area (Å²) in [6.07, 6.45) is 5.01. The average Bonchev–Trinajstić information content (AvgIpc) is 3.19. The largest absolute Gasteiger partial charge is 0.465 e. The number of rotatable bonds is 18. The van der Waals surface area contributed by atoms with Crippen molar-refractivity contribution in [2.24, 2.45) is 35.5 Å². The first kappa shape index (κ1) is 33.0. The van der Waals surface area contributed by atoms with Gasteiger partial charge in [-0.1, -0.05) is 19.1 Å². The summed E-state index contributed by atoms with van der Waals surface area (Å²) in [4.78, 5) is 69.9. The molecule has 0 saturated heterocycles. The van der Waals surface area contributed by atoms with E-state index in [1.165, 1.54) is 0 Å². The first-order valence-corrected chi connectivity index (χ1v) is 12.9. The monoisotopic (exact) mass is 536 g/mol. The summed E-state index contributed by atoms with van der Waals surface area (Å²) in [6.45, 7) is 4.43. The van der Waals surface area contributed by atoms with Gasteiger partial charge in [0.15, 0.2) is 0 Å². The molecule has 0 aromatic heterocycles. The van der Waals surface area contributed by atoms with Gasteiger partial charge in [-0.3, -0.25) is 19.2 Å². The van der Waals surface area contributed by atoms with Crippen LogP contribution in [0.4, 0.5) is 0 Å². The van der Waals surface area contributed by atoms with E-state index in [9.17, 15) is 39.0 Å². The van der Waals surface area contributed by atoms with Crippen LogP contribution >= 0.6 is 0 Å². The predicted molar refractivity (Wildman–Crippen MR) is 136 cm³/mol. The number of allylic oxidation sites excluding steroid dienone is 4. The van der Waals surface area contributed by atoms with E-state index < -0.39 is 35.8 Å². The Labute approximate surface area is 223 Å². The van der Waals surface area contributed by atoms with E-state index >= 15 is 0 Å². The van der Waals surface area contributed by atoms with Crippen LogP contribution < -0.4 is 0 Å². The van der Waals surface area contributed by atoms with Gasteiger partial charge >= 0.3 is 11.9 Å². The summed E-state index contributed by atoms with van der Waals surface area (Å²) >= 11 is 0. The van der Waals surface area contributed by atoms with Crippen molar-refractivity contribution < 1.29 is 48.5 Å². The van der Waals surface area contributed by atoms with Crippen LogP contribution in [-0.4, -0.2) is 73.2 Å². The summed E-state index contributed by atoms with van der Waals surface area (Å²) in [6, 6.07) is 0. The van der Waals surface area contributed by atoms with Crippen LogP contribution in [0.5, 0.6) is 0 Å². The third-order valence-corrected chi connectivity index (χ3v) is 7.58. The molecule has 1 aliphatic rings. The number of aldehydes is 4. The summed E-state index contributed by atoms with van der Waals surface area (Å²) in [5.41, 5.74) is 0.664. The minimum absolute atomic E-state index is 0.00380. The average molecular weight is 537 g/mol. The molecule has 0 amide bonds. The lowest BCUT2D eigenvalue weighted by molar-refractivity contribution is -0.153. The molecule has 1 fully saturated rings. The number of ether oxygens (including phenoxy) is 2. The van der Waals surface area contributed by atoms with Crippen LogP contribution in [0.15, 0.2) is 23.3 Å². The number of hydrogen-bond donors (Lipinski definition) is 2. The number of aliphatic hydroxyl groups excluding tert-OH is 2. The van der Waals surface area contributed by atoms with Crippen molar-refractivity contribution in [1.82, 2.24) is 0 Å². The second-order valence-corrected chi connectivity index (χ2v) is 9.68. The van der Waals surface area contributed by atoms with Crippen LogP contribution in [0, 0.1) is 35.5 Å². The molecule has 2 N–H and O–H groups in total. The fourth-order valence-corrected chi connectivity index (χ4v) is 5.20. The highest BCUT2D eigenvalue weighted by atomic mass is 16.5. The summed E-state index contributed by atoms with van der Waals surface area (Å²) in [7, 11) is 0. The highest BCUT2D eigenvalue weighted by Gasteiger charge is 2.46. The highest BCUT2D eigenvalue weighted by molar-refractivity contribution is 5.79. The lowest BCUT2D eigenvalue weighted by Crippen LogP contribution is -2.31. The molecule has 0 heterocycles. The van der Waals surface area contributed by atoms with Gasteiger partial charge in [0.05, 0.1) is 19.4 Å². The number of hydrogen-bond acceptors (Lipinski definition) is 10. The molecule has 0 aromatic rings. The van der Waals surface area contributed by atoms with Gasteiger partial charge in [-0.15, -0.1) is 0 Å². The van der Waals surface area contributed by atoms with Gasteiger partial charge in [-0.2, -0.15) is 0 Å². The molecule has 0 unspecified atom stereocenters. The second kappa shape index (κ2) is 17.5. The summed E-state index contributed by atoms with van der Waals surface area (Å²) < 4.78 is 11.2. The Bertz CT molecular complexity index is 873. The lowest BCUT2D eigenvalue weighted by Gasteiger charge is -2.27. The molecule has 6 atom stereocenters. The van der Waals surface area contributed by atoms with E-state index in [1.807, 2.05) is 6.92 Å². The van der Waals surface area contributed by atoms with Crippen molar-refractivity contribution in [1.29, 1.82) is 0 Å². The summed E-state index contributed by atoms with van der Waals surface area (Å²) in [5, 5.41) is 19.6. The van der Waals surface area contributed by atoms with Gasteiger partial charge < -0.3 is 29.3 Å². The fourth-order valence-electron chi connectivity index (χ4n) is 5.20. The van der Waals surface area contributed by atoms with Crippen LogP contribution in [-0.2, 0) is 38.2 Å². The standard InChI is InChI=1S/C28H40O10/c1-4-19(13-31)21(6-8-29)10-27(35)37-17-25-18(3)26(12-24(25)23(15-33)16-34)38-28(36)11-22(7-9-30)20(5-2)14-32/h4-5,8-9,13-14,18,21-26,33-34H,6-7,10-12,15-17H2,1-3H3/b19-4-,20-5-/t18-,21+,22+,24+,25-,26-/m1/s1. The third kappa shape index (κ3) is 9.40. The maximum Gasteiger partial charge on any atom is 0.306 e. The molecule has 0 spiro atoms. The van der Waals surface area contributed by atoms with Crippen LogP contribution in [0.25, 0.3) is 0 Å². The number of esters is 2. The normalized spacial score (nSPS) is 23.4. The quantitative estimate of drug-likeness (QED) is 0.150. The maximum absolute atomic E-state index is 12.7. The van der Waals surface area contributed by atoms with E-state index in [-0.39, 0.29) is 63.3 Å². The molecule has 1 aliphatic carbocycles. The zero-order valence-corrected chi connectivity index (χ0v) is 22.3. The van der Waals surface area contributed by atoms with Crippen molar-refractivity contribution in [2.45, 2.75) is 59.0 Å². The predicted octanol–water partition coefficient (Wildman–Crippen LogP) is 1.80. The topological polar surface area (TPSA) is 161 Å². The summed E-state index contributed by atoms with van der Waals surface area (Å²) in [5.74, 6) is -3.84. The molecule has 0 aliphatic heterocycles. The van der Waals surface area contributed by atoms with Crippen molar-refractivity contribution in [2.75, 3.05) is 19.8 Å². The Morgan fingerprint density at radius 1 is 0.868 bits per heavy atom. The smallest absolute Gasteiger partial charge is 0.306 e. The van der Waals surface area contributed by atoms with Crippen LogP contribution in [0.1, 0.15) is 52.9 Å². The first-order chi connectivity index (χ1) is 18.2. The Morgan fingerprint density at radius 2 is 1.37 bits per heavy atom. The Morgan fingerprint density at radius 3 is 1.79 bits per heavy atom. The van der Waals surface area contributed by atoms with Crippen molar-refractivity contribution in [3.8, 4) is 0 Å². The minimum Gasteiger partial charge on any atom is -0.465 e. The van der Waals surface area contributed by atoms with E-state index in [2.05, 4.69) is 0 Å². The molecular weight excluding hydrogens is 496 g/mol. The van der Waals surface area contributed by atoms with E-state index in [1.54, 1.807) is 26.0 Å². The zero-order chi connectivity index (χ0) is 28.7. The maximum atomic E-state index is 12.7. The molecular formula is C28H40O10.